The minimum atomic E-state index is -3.28. The number of benzene rings is 1. The third-order valence-electron chi connectivity index (χ3n) is 4.90. The lowest BCUT2D eigenvalue weighted by Crippen LogP contribution is -2.45. The van der Waals surface area contributed by atoms with Crippen molar-refractivity contribution in [3.8, 4) is 11.3 Å². The highest BCUT2D eigenvalue weighted by atomic mass is 32.2. The molecular weight excluding hydrogens is 378 g/mol. The fourth-order valence-electron chi connectivity index (χ4n) is 3.19. The Balaban J connectivity index is 1.63. The van der Waals surface area contributed by atoms with Crippen LogP contribution in [0.3, 0.4) is 0 Å². The van der Waals surface area contributed by atoms with E-state index in [-0.39, 0.29) is 18.2 Å². The molecule has 1 saturated heterocycles. The molecule has 1 aliphatic rings. The van der Waals surface area contributed by atoms with Gasteiger partial charge in [0.1, 0.15) is 0 Å². The van der Waals surface area contributed by atoms with Crippen molar-refractivity contribution in [3.05, 3.63) is 41.6 Å². The van der Waals surface area contributed by atoms with E-state index in [0.29, 0.717) is 19.4 Å². The van der Waals surface area contributed by atoms with Crippen LogP contribution in [0.2, 0.25) is 0 Å². The maximum atomic E-state index is 12.4. The number of carbonyl (C=O) groups is 1. The van der Waals surface area contributed by atoms with Crippen molar-refractivity contribution >= 4 is 22.1 Å². The molecule has 1 amide bonds. The van der Waals surface area contributed by atoms with E-state index in [4.69, 9.17) is 0 Å². The standard InChI is InChI=1S/C19H25N5O3S/c1-3-28(26,27)24-10-4-5-16(13-24)19(25)23-21-12-17-11-20-22-18(17)15-8-6-14(2)7-9-15/h6-9,11-12,16H,3-5,10,13H2,1-2H3,(H,20,22)(H,23,25)/b21-12-/t16-/m0/s1. The number of hydrogen-bond donors (Lipinski definition) is 2. The number of hydrazone groups is 1. The maximum Gasteiger partial charge on any atom is 0.244 e. The molecule has 2 heterocycles. The predicted molar refractivity (Wildman–Crippen MR) is 108 cm³/mol. The molecule has 1 fully saturated rings. The van der Waals surface area contributed by atoms with Crippen LogP contribution in [0.15, 0.2) is 35.6 Å². The van der Waals surface area contributed by atoms with Gasteiger partial charge in [0.25, 0.3) is 0 Å². The van der Waals surface area contributed by atoms with E-state index in [1.165, 1.54) is 4.31 Å². The molecule has 28 heavy (non-hydrogen) atoms. The van der Waals surface area contributed by atoms with Crippen molar-refractivity contribution in [1.82, 2.24) is 19.9 Å². The summed E-state index contributed by atoms with van der Waals surface area (Å²) in [7, 11) is -3.28. The second kappa shape index (κ2) is 8.66. The number of rotatable bonds is 6. The number of aryl methyl sites for hydroxylation is 1. The van der Waals surface area contributed by atoms with Gasteiger partial charge in [-0.15, -0.1) is 0 Å². The summed E-state index contributed by atoms with van der Waals surface area (Å²) in [4.78, 5) is 12.4. The van der Waals surface area contributed by atoms with Crippen LogP contribution < -0.4 is 5.43 Å². The fourth-order valence-corrected chi connectivity index (χ4v) is 4.37. The van der Waals surface area contributed by atoms with E-state index < -0.39 is 15.9 Å². The number of nitrogens with one attached hydrogen (secondary N) is 2. The summed E-state index contributed by atoms with van der Waals surface area (Å²) in [6.45, 7) is 4.31. The number of amides is 1. The van der Waals surface area contributed by atoms with Crippen LogP contribution in [0.4, 0.5) is 0 Å². The second-order valence-electron chi connectivity index (χ2n) is 6.90. The summed E-state index contributed by atoms with van der Waals surface area (Å²) >= 11 is 0. The first-order valence-corrected chi connectivity index (χ1v) is 10.9. The molecule has 0 bridgehead atoms. The van der Waals surface area contributed by atoms with Gasteiger partial charge in [-0.25, -0.2) is 18.1 Å². The van der Waals surface area contributed by atoms with Crippen LogP contribution in [0.1, 0.15) is 30.9 Å². The molecule has 0 aliphatic carbocycles. The van der Waals surface area contributed by atoms with Crippen molar-refractivity contribution in [2.75, 3.05) is 18.8 Å². The quantitative estimate of drug-likeness (QED) is 0.567. The summed E-state index contributed by atoms with van der Waals surface area (Å²) < 4.78 is 25.5. The Kier molecular flexibility index (Phi) is 6.25. The smallest absolute Gasteiger partial charge is 0.244 e. The van der Waals surface area contributed by atoms with Crippen molar-refractivity contribution < 1.29 is 13.2 Å². The zero-order valence-corrected chi connectivity index (χ0v) is 16.9. The number of hydrogen-bond acceptors (Lipinski definition) is 5. The largest absolute Gasteiger partial charge is 0.277 e. The molecule has 1 aromatic heterocycles. The lowest BCUT2D eigenvalue weighted by Gasteiger charge is -2.30. The molecule has 1 aromatic carbocycles. The summed E-state index contributed by atoms with van der Waals surface area (Å²) in [5.41, 5.74) is 6.24. The van der Waals surface area contributed by atoms with Gasteiger partial charge >= 0.3 is 0 Å². The number of aromatic amines is 1. The van der Waals surface area contributed by atoms with E-state index in [1.807, 2.05) is 31.2 Å². The fraction of sp³-hybridized carbons (Fsp3) is 0.421. The lowest BCUT2D eigenvalue weighted by atomic mass is 9.99. The molecule has 3 rings (SSSR count). The minimum absolute atomic E-state index is 0.0434. The Hall–Kier alpha value is -2.52. The molecule has 0 unspecified atom stereocenters. The molecule has 150 valence electrons. The van der Waals surface area contributed by atoms with Gasteiger partial charge in [-0.3, -0.25) is 9.89 Å². The summed E-state index contributed by atoms with van der Waals surface area (Å²) in [5, 5.41) is 11.0. The topological polar surface area (TPSA) is 108 Å². The Morgan fingerprint density at radius 1 is 1.39 bits per heavy atom. The minimum Gasteiger partial charge on any atom is -0.277 e. The van der Waals surface area contributed by atoms with Crippen LogP contribution in [0, 0.1) is 12.8 Å². The molecular formula is C19H25N5O3S. The zero-order valence-electron chi connectivity index (χ0n) is 16.1. The van der Waals surface area contributed by atoms with Gasteiger partial charge in [-0.1, -0.05) is 29.8 Å². The first kappa shape index (κ1) is 20.2. The maximum absolute atomic E-state index is 12.4. The van der Waals surface area contributed by atoms with E-state index >= 15 is 0 Å². The summed E-state index contributed by atoms with van der Waals surface area (Å²) in [6.07, 6.45) is 4.50. The molecule has 9 heteroatoms. The van der Waals surface area contributed by atoms with Gasteiger partial charge < -0.3 is 0 Å². The van der Waals surface area contributed by atoms with Gasteiger partial charge in [0, 0.05) is 24.2 Å². The monoisotopic (exact) mass is 403 g/mol. The Labute approximate surface area is 165 Å². The Morgan fingerprint density at radius 3 is 2.86 bits per heavy atom. The van der Waals surface area contributed by atoms with Gasteiger partial charge in [0.15, 0.2) is 0 Å². The van der Waals surface area contributed by atoms with Crippen LogP contribution >= 0.6 is 0 Å². The molecule has 1 aliphatic heterocycles. The number of sulfonamides is 1. The van der Waals surface area contributed by atoms with Crippen LogP contribution in [-0.2, 0) is 14.8 Å². The number of piperidine rings is 1. The number of carbonyl (C=O) groups excluding carboxylic acids is 1. The molecule has 0 saturated carbocycles. The third kappa shape index (κ3) is 4.66. The number of H-pyrrole nitrogens is 1. The molecule has 0 spiro atoms. The molecule has 1 atom stereocenters. The molecule has 8 nitrogen and oxygen atoms in total. The SMILES string of the molecule is CCS(=O)(=O)N1CCC[C@H](C(=O)N/N=C\c2cn[nH]c2-c2ccc(C)cc2)C1. The Morgan fingerprint density at radius 2 is 2.14 bits per heavy atom. The average Bonchev–Trinajstić information content (AvgIpc) is 3.17. The van der Waals surface area contributed by atoms with Gasteiger partial charge in [-0.05, 0) is 26.7 Å². The van der Waals surface area contributed by atoms with Crippen molar-refractivity contribution in [2.24, 2.45) is 11.0 Å². The van der Waals surface area contributed by atoms with E-state index in [2.05, 4.69) is 20.7 Å². The van der Waals surface area contributed by atoms with Crippen LogP contribution in [0.5, 0.6) is 0 Å². The van der Waals surface area contributed by atoms with Gasteiger partial charge in [0.2, 0.25) is 15.9 Å². The van der Waals surface area contributed by atoms with Crippen molar-refractivity contribution in [2.45, 2.75) is 26.7 Å². The third-order valence-corrected chi connectivity index (χ3v) is 6.75. The first-order valence-electron chi connectivity index (χ1n) is 9.32. The lowest BCUT2D eigenvalue weighted by molar-refractivity contribution is -0.126. The van der Waals surface area contributed by atoms with Crippen LogP contribution in [-0.4, -0.2) is 53.9 Å². The van der Waals surface area contributed by atoms with Crippen molar-refractivity contribution in [3.63, 3.8) is 0 Å². The summed E-state index contributed by atoms with van der Waals surface area (Å²) in [5.74, 6) is -0.623. The highest BCUT2D eigenvalue weighted by Gasteiger charge is 2.31. The number of aromatic nitrogens is 2. The molecule has 2 aromatic rings. The number of nitrogens with zero attached hydrogens (tertiary/aromatic N) is 3. The molecule has 2 N–H and O–H groups in total. The van der Waals surface area contributed by atoms with Gasteiger partial charge in [-0.2, -0.15) is 10.2 Å². The molecule has 0 radical (unpaired) electrons. The van der Waals surface area contributed by atoms with E-state index in [1.54, 1.807) is 19.3 Å². The average molecular weight is 404 g/mol. The predicted octanol–water partition coefficient (Wildman–Crippen LogP) is 1.90. The van der Waals surface area contributed by atoms with E-state index in [9.17, 15) is 13.2 Å². The Bertz CT molecular complexity index is 950. The highest BCUT2D eigenvalue weighted by molar-refractivity contribution is 7.89. The summed E-state index contributed by atoms with van der Waals surface area (Å²) in [6, 6.07) is 8.00. The van der Waals surface area contributed by atoms with Crippen LogP contribution in [0.25, 0.3) is 11.3 Å². The van der Waals surface area contributed by atoms with E-state index in [0.717, 1.165) is 22.4 Å². The highest BCUT2D eigenvalue weighted by Crippen LogP contribution is 2.21. The first-order chi connectivity index (χ1) is 13.4. The normalized spacial score (nSPS) is 18.4. The zero-order chi connectivity index (χ0) is 20.1. The van der Waals surface area contributed by atoms with Gasteiger partial charge in [0.05, 0.1) is 29.8 Å². The second-order valence-corrected chi connectivity index (χ2v) is 9.16. The van der Waals surface area contributed by atoms with Crippen molar-refractivity contribution in [1.29, 1.82) is 0 Å².